The number of nitrogens with one attached hydrogen (secondary N) is 1. The smallest absolute Gasteiger partial charge is 0.415 e. The predicted molar refractivity (Wildman–Crippen MR) is 133 cm³/mol. The third kappa shape index (κ3) is 4.25. The minimum atomic E-state index is -0.379. The number of anilines is 2. The van der Waals surface area contributed by atoms with Gasteiger partial charge in [0.25, 0.3) is 0 Å². The molecule has 1 unspecified atom stereocenters. The van der Waals surface area contributed by atoms with Crippen molar-refractivity contribution in [3.63, 3.8) is 0 Å². The van der Waals surface area contributed by atoms with E-state index in [-0.39, 0.29) is 30.1 Å². The first kappa shape index (κ1) is 23.3. The summed E-state index contributed by atoms with van der Waals surface area (Å²) in [6, 6.07) is 8.96. The quantitative estimate of drug-likeness (QED) is 0.612. The molecule has 9 nitrogen and oxygen atoms in total. The SMILES string of the molecule is C=CC(=O)N1CC2(C1)CN(C(C)c1ccc([C@H](C)Nc3ncc4c(n3)N(CC)C(=O)OC4)cc1)C2. The van der Waals surface area contributed by atoms with Crippen LogP contribution in [-0.4, -0.2) is 64.5 Å². The number of rotatable bonds is 7. The first-order valence-corrected chi connectivity index (χ1v) is 12.1. The molecule has 1 spiro atoms. The molecule has 0 saturated carbocycles. The van der Waals surface area contributed by atoms with Crippen LogP contribution in [0.4, 0.5) is 16.6 Å². The van der Waals surface area contributed by atoms with Crippen molar-refractivity contribution >= 4 is 23.8 Å². The van der Waals surface area contributed by atoms with Crippen LogP contribution >= 0.6 is 0 Å². The highest BCUT2D eigenvalue weighted by atomic mass is 16.6. The van der Waals surface area contributed by atoms with Crippen LogP contribution in [0.1, 0.15) is 49.5 Å². The first-order chi connectivity index (χ1) is 16.8. The highest BCUT2D eigenvalue weighted by molar-refractivity contribution is 5.89. The zero-order chi connectivity index (χ0) is 24.7. The molecule has 184 valence electrons. The van der Waals surface area contributed by atoms with Gasteiger partial charge in [0.1, 0.15) is 12.4 Å². The molecule has 5 rings (SSSR count). The number of benzene rings is 1. The van der Waals surface area contributed by atoms with Crippen molar-refractivity contribution in [1.29, 1.82) is 0 Å². The van der Waals surface area contributed by atoms with Crippen LogP contribution in [0.2, 0.25) is 0 Å². The Morgan fingerprint density at radius 1 is 1.20 bits per heavy atom. The summed E-state index contributed by atoms with van der Waals surface area (Å²) in [7, 11) is 0. The van der Waals surface area contributed by atoms with Crippen molar-refractivity contribution in [2.45, 2.75) is 39.5 Å². The summed E-state index contributed by atoms with van der Waals surface area (Å²) in [5.74, 6) is 1.12. The summed E-state index contributed by atoms with van der Waals surface area (Å²) in [4.78, 5) is 38.6. The van der Waals surface area contributed by atoms with E-state index in [1.165, 1.54) is 16.5 Å². The van der Waals surface area contributed by atoms with Gasteiger partial charge in [-0.15, -0.1) is 0 Å². The summed E-state index contributed by atoms with van der Waals surface area (Å²) in [5, 5.41) is 3.35. The number of aromatic nitrogens is 2. The third-order valence-corrected chi connectivity index (χ3v) is 7.41. The van der Waals surface area contributed by atoms with Crippen LogP contribution in [0.5, 0.6) is 0 Å². The molecule has 35 heavy (non-hydrogen) atoms. The number of likely N-dealkylation sites (tertiary alicyclic amines) is 2. The first-order valence-electron chi connectivity index (χ1n) is 12.1. The van der Waals surface area contributed by atoms with Gasteiger partial charge in [-0.25, -0.2) is 9.78 Å². The minimum absolute atomic E-state index is 0.00124. The molecule has 1 N–H and O–H groups in total. The number of ether oxygens (including phenoxy) is 1. The van der Waals surface area contributed by atoms with Crippen LogP contribution in [0.3, 0.4) is 0 Å². The van der Waals surface area contributed by atoms with E-state index in [4.69, 9.17) is 4.74 Å². The van der Waals surface area contributed by atoms with Crippen molar-refractivity contribution in [2.75, 3.05) is 42.9 Å². The van der Waals surface area contributed by atoms with Gasteiger partial charge < -0.3 is 15.0 Å². The Morgan fingerprint density at radius 2 is 1.89 bits per heavy atom. The maximum Gasteiger partial charge on any atom is 0.415 e. The molecular formula is C26H32N6O3. The molecule has 4 heterocycles. The normalized spacial score (nSPS) is 20.3. The maximum absolute atomic E-state index is 12.0. The number of amides is 2. The molecule has 3 aliphatic heterocycles. The minimum Gasteiger partial charge on any atom is -0.444 e. The predicted octanol–water partition coefficient (Wildman–Crippen LogP) is 3.52. The number of carbonyl (C=O) groups excluding carboxylic acids is 2. The average molecular weight is 477 g/mol. The second-order valence-corrected chi connectivity index (χ2v) is 9.85. The fourth-order valence-corrected chi connectivity index (χ4v) is 5.27. The topological polar surface area (TPSA) is 90.9 Å². The molecule has 1 aromatic carbocycles. The molecule has 3 aliphatic rings. The zero-order valence-electron chi connectivity index (χ0n) is 20.5. The van der Waals surface area contributed by atoms with E-state index in [9.17, 15) is 9.59 Å². The van der Waals surface area contributed by atoms with Crippen molar-refractivity contribution in [2.24, 2.45) is 5.41 Å². The fourth-order valence-electron chi connectivity index (χ4n) is 5.27. The molecule has 0 bridgehead atoms. The molecule has 0 radical (unpaired) electrons. The summed E-state index contributed by atoms with van der Waals surface area (Å²) < 4.78 is 5.16. The van der Waals surface area contributed by atoms with Gasteiger partial charge in [0.05, 0.1) is 11.6 Å². The number of hydrogen-bond acceptors (Lipinski definition) is 7. The number of nitrogens with zero attached hydrogens (tertiary/aromatic N) is 5. The number of carbonyl (C=O) groups is 2. The third-order valence-electron chi connectivity index (χ3n) is 7.41. The van der Waals surface area contributed by atoms with Gasteiger partial charge in [-0.1, -0.05) is 30.8 Å². The lowest BCUT2D eigenvalue weighted by atomic mass is 9.72. The monoisotopic (exact) mass is 476 g/mol. The maximum atomic E-state index is 12.0. The van der Waals surface area contributed by atoms with E-state index in [1.807, 2.05) is 11.8 Å². The molecule has 9 heteroatoms. The summed E-state index contributed by atoms with van der Waals surface area (Å²) in [5.41, 5.74) is 3.48. The second kappa shape index (κ2) is 8.96. The van der Waals surface area contributed by atoms with Crippen molar-refractivity contribution in [3.8, 4) is 0 Å². The Kier molecular flexibility index (Phi) is 5.96. The Balaban J connectivity index is 1.18. The van der Waals surface area contributed by atoms with Crippen LogP contribution in [0, 0.1) is 5.41 Å². The van der Waals surface area contributed by atoms with Crippen LogP contribution in [0.25, 0.3) is 0 Å². The van der Waals surface area contributed by atoms with Gasteiger partial charge in [0, 0.05) is 50.4 Å². The van der Waals surface area contributed by atoms with E-state index in [1.54, 1.807) is 6.20 Å². The summed E-state index contributed by atoms with van der Waals surface area (Å²) in [6.07, 6.45) is 2.73. The summed E-state index contributed by atoms with van der Waals surface area (Å²) in [6.45, 7) is 14.2. The number of hydrogen-bond donors (Lipinski definition) is 1. The van der Waals surface area contributed by atoms with E-state index in [0.29, 0.717) is 24.4 Å². The van der Waals surface area contributed by atoms with Crippen LogP contribution in [0.15, 0.2) is 43.1 Å². The van der Waals surface area contributed by atoms with E-state index in [2.05, 4.69) is 64.9 Å². The van der Waals surface area contributed by atoms with Gasteiger partial charge >= 0.3 is 6.09 Å². The van der Waals surface area contributed by atoms with Gasteiger partial charge in [0.15, 0.2) is 0 Å². The molecule has 2 aromatic rings. The lowest BCUT2D eigenvalue weighted by molar-refractivity contribution is -0.158. The number of cyclic esters (lactones) is 1. The Bertz CT molecular complexity index is 1140. The van der Waals surface area contributed by atoms with Crippen LogP contribution in [-0.2, 0) is 16.1 Å². The second-order valence-electron chi connectivity index (χ2n) is 9.85. The van der Waals surface area contributed by atoms with E-state index >= 15 is 0 Å². The van der Waals surface area contributed by atoms with Gasteiger partial charge in [-0.3, -0.25) is 14.6 Å². The standard InChI is InChI=1S/C26H32N6O3/c1-5-22(33)31-15-26(16-31)13-30(14-26)18(4)20-9-7-19(8-10-20)17(3)28-24-27-11-21-12-35-25(34)32(6-2)23(21)29-24/h5,7-11,17-18H,1,6,12-16H2,2-4H3,(H,27,28,29)/t17-,18?/m0/s1. The Hall–Kier alpha value is -3.46. The molecule has 2 atom stereocenters. The molecule has 2 saturated heterocycles. The highest BCUT2D eigenvalue weighted by Crippen LogP contribution is 2.43. The largest absolute Gasteiger partial charge is 0.444 e. The number of fused-ring (bicyclic) bond motifs is 1. The van der Waals surface area contributed by atoms with Crippen molar-refractivity contribution in [1.82, 2.24) is 19.8 Å². The van der Waals surface area contributed by atoms with E-state index < -0.39 is 0 Å². The Morgan fingerprint density at radius 3 is 2.54 bits per heavy atom. The molecule has 1 aromatic heterocycles. The Labute approximate surface area is 205 Å². The highest BCUT2D eigenvalue weighted by Gasteiger charge is 2.53. The molecule has 0 aliphatic carbocycles. The van der Waals surface area contributed by atoms with Crippen molar-refractivity contribution < 1.29 is 14.3 Å². The fraction of sp³-hybridized carbons (Fsp3) is 0.462. The lowest BCUT2D eigenvalue weighted by Crippen LogP contribution is -2.72. The van der Waals surface area contributed by atoms with Gasteiger partial charge in [-0.05, 0) is 38.0 Å². The molecule has 2 amide bonds. The molecular weight excluding hydrogens is 444 g/mol. The van der Waals surface area contributed by atoms with Gasteiger partial charge in [-0.2, -0.15) is 4.98 Å². The molecule has 2 fully saturated rings. The van der Waals surface area contributed by atoms with Crippen molar-refractivity contribution in [3.05, 3.63) is 59.8 Å². The van der Waals surface area contributed by atoms with E-state index in [0.717, 1.165) is 37.3 Å². The lowest BCUT2D eigenvalue weighted by Gasteiger charge is -2.61. The summed E-state index contributed by atoms with van der Waals surface area (Å²) >= 11 is 0. The van der Waals surface area contributed by atoms with Crippen LogP contribution < -0.4 is 10.2 Å². The van der Waals surface area contributed by atoms with Gasteiger partial charge in [0.2, 0.25) is 11.9 Å². The average Bonchev–Trinajstić information content (AvgIpc) is 2.82. The zero-order valence-corrected chi connectivity index (χ0v) is 20.5.